The van der Waals surface area contributed by atoms with E-state index in [2.05, 4.69) is 0 Å². The molecule has 1 N–H and O–H groups in total. The van der Waals surface area contributed by atoms with Crippen molar-refractivity contribution in [2.24, 2.45) is 0 Å². The maximum atomic E-state index is 12.7. The fraction of sp³-hybridized carbons (Fsp3) is 0.130. The summed E-state index contributed by atoms with van der Waals surface area (Å²) in [6.45, 7) is 0.0203. The van der Waals surface area contributed by atoms with Crippen molar-refractivity contribution >= 4 is 12.6 Å². The molecular weight excluding hydrogens is 473 g/mol. The normalized spacial score (nSPS) is 11.3. The van der Waals surface area contributed by atoms with Crippen molar-refractivity contribution in [3.05, 3.63) is 94.3 Å². The fourth-order valence-corrected chi connectivity index (χ4v) is 2.52. The van der Waals surface area contributed by atoms with Crippen LogP contribution in [0, 0.1) is 5.82 Å². The standard InChI is InChI=1S/C15H10F4O2.C8H5F3O2/c16-13-4-1-10(2-5-13)9-21-14-6-3-12(15(17,18)19)7-11(14)8-20;9-8(10,11)6-1-2-7(13)5(3-6)4-12/h1-8H,9H2;1-4,13H. The van der Waals surface area contributed by atoms with Crippen LogP contribution in [0.5, 0.6) is 11.5 Å². The van der Waals surface area contributed by atoms with E-state index in [0.717, 1.165) is 24.3 Å². The van der Waals surface area contributed by atoms with E-state index in [4.69, 9.17) is 9.84 Å². The zero-order valence-electron chi connectivity index (χ0n) is 17.0. The summed E-state index contributed by atoms with van der Waals surface area (Å²) in [6, 6.07) is 10.3. The number of aromatic hydroxyl groups is 1. The molecule has 0 saturated heterocycles. The van der Waals surface area contributed by atoms with Crippen molar-refractivity contribution in [3.8, 4) is 11.5 Å². The van der Waals surface area contributed by atoms with Gasteiger partial charge in [0.1, 0.15) is 23.9 Å². The van der Waals surface area contributed by atoms with E-state index in [9.17, 15) is 40.3 Å². The fourth-order valence-electron chi connectivity index (χ4n) is 2.52. The highest BCUT2D eigenvalue weighted by Gasteiger charge is 2.31. The van der Waals surface area contributed by atoms with Gasteiger partial charge < -0.3 is 9.84 Å². The molecule has 0 fully saturated rings. The summed E-state index contributed by atoms with van der Waals surface area (Å²) < 4.78 is 91.7. The summed E-state index contributed by atoms with van der Waals surface area (Å²) in [7, 11) is 0. The third-order valence-electron chi connectivity index (χ3n) is 4.25. The summed E-state index contributed by atoms with van der Waals surface area (Å²) >= 11 is 0. The number of phenols is 1. The lowest BCUT2D eigenvalue weighted by Gasteiger charge is -2.11. The minimum Gasteiger partial charge on any atom is -0.507 e. The van der Waals surface area contributed by atoms with Crippen molar-refractivity contribution in [3.63, 3.8) is 0 Å². The lowest BCUT2D eigenvalue weighted by molar-refractivity contribution is -0.138. The Balaban J connectivity index is 0.000000270. The van der Waals surface area contributed by atoms with Gasteiger partial charge in [-0.05, 0) is 54.1 Å². The zero-order chi connectivity index (χ0) is 25.5. The van der Waals surface area contributed by atoms with Crippen LogP contribution in [-0.2, 0) is 19.0 Å². The number of hydrogen-bond donors (Lipinski definition) is 1. The number of carbonyl (C=O) groups is 2. The van der Waals surface area contributed by atoms with Gasteiger partial charge in [-0.1, -0.05) is 12.1 Å². The van der Waals surface area contributed by atoms with Crippen LogP contribution in [0.2, 0.25) is 0 Å². The Morgan fingerprint density at radius 2 is 1.24 bits per heavy atom. The molecule has 0 heterocycles. The van der Waals surface area contributed by atoms with Gasteiger partial charge in [0, 0.05) is 0 Å². The molecule has 0 aliphatic carbocycles. The summed E-state index contributed by atoms with van der Waals surface area (Å²) in [5.41, 5.74) is -1.79. The Morgan fingerprint density at radius 3 is 1.74 bits per heavy atom. The van der Waals surface area contributed by atoms with Crippen LogP contribution in [0.1, 0.15) is 37.4 Å². The maximum Gasteiger partial charge on any atom is 0.416 e. The number of aldehydes is 2. The number of rotatable bonds is 5. The van der Waals surface area contributed by atoms with Crippen LogP contribution in [0.25, 0.3) is 0 Å². The average molecular weight is 488 g/mol. The van der Waals surface area contributed by atoms with E-state index in [0.29, 0.717) is 24.0 Å². The zero-order valence-corrected chi connectivity index (χ0v) is 17.0. The average Bonchev–Trinajstić information content (AvgIpc) is 2.78. The molecule has 0 aromatic heterocycles. The van der Waals surface area contributed by atoms with Gasteiger partial charge in [0.2, 0.25) is 0 Å². The summed E-state index contributed by atoms with van der Waals surface area (Å²) in [4.78, 5) is 21.0. The molecule has 0 atom stereocenters. The molecule has 0 unspecified atom stereocenters. The van der Waals surface area contributed by atoms with Gasteiger partial charge in [0.05, 0.1) is 22.3 Å². The van der Waals surface area contributed by atoms with Crippen LogP contribution in [-0.4, -0.2) is 17.7 Å². The highest BCUT2D eigenvalue weighted by molar-refractivity contribution is 5.80. The molecule has 0 saturated carbocycles. The molecule has 34 heavy (non-hydrogen) atoms. The minimum atomic E-state index is -4.52. The van der Waals surface area contributed by atoms with Gasteiger partial charge in [0.25, 0.3) is 0 Å². The first-order chi connectivity index (χ1) is 15.8. The summed E-state index contributed by atoms with van der Waals surface area (Å²) in [5, 5.41) is 8.90. The molecule has 0 radical (unpaired) electrons. The van der Waals surface area contributed by atoms with E-state index in [1.165, 1.54) is 24.3 Å². The van der Waals surface area contributed by atoms with Gasteiger partial charge in [-0.2, -0.15) is 26.3 Å². The molecule has 0 aliphatic heterocycles. The minimum absolute atomic E-state index is 0.0203. The van der Waals surface area contributed by atoms with Gasteiger partial charge in [-0.3, -0.25) is 9.59 Å². The van der Waals surface area contributed by atoms with E-state index >= 15 is 0 Å². The van der Waals surface area contributed by atoms with Crippen LogP contribution in [0.4, 0.5) is 30.7 Å². The summed E-state index contributed by atoms with van der Waals surface area (Å²) in [6.07, 6.45) is -8.54. The Hall–Kier alpha value is -3.89. The quantitative estimate of drug-likeness (QED) is 0.331. The number of halogens is 7. The maximum absolute atomic E-state index is 12.7. The van der Waals surface area contributed by atoms with Crippen molar-refractivity contribution in [2.75, 3.05) is 0 Å². The molecule has 180 valence electrons. The third-order valence-corrected chi connectivity index (χ3v) is 4.25. The second-order valence-corrected chi connectivity index (χ2v) is 6.67. The van der Waals surface area contributed by atoms with Crippen LogP contribution < -0.4 is 4.74 Å². The third kappa shape index (κ3) is 7.32. The molecule has 3 rings (SSSR count). The smallest absolute Gasteiger partial charge is 0.416 e. The van der Waals surface area contributed by atoms with Crippen molar-refractivity contribution in [1.82, 2.24) is 0 Å². The predicted octanol–water partition coefficient (Wildman–Crippen LogP) is 6.46. The second-order valence-electron chi connectivity index (χ2n) is 6.67. The molecule has 0 aliphatic rings. The number of alkyl halides is 6. The van der Waals surface area contributed by atoms with E-state index in [1.54, 1.807) is 0 Å². The molecule has 11 heteroatoms. The molecule has 3 aromatic rings. The number of carbonyl (C=O) groups excluding carboxylic acids is 2. The topological polar surface area (TPSA) is 63.6 Å². The molecule has 0 bridgehead atoms. The first-order valence-electron chi connectivity index (χ1n) is 9.24. The van der Waals surface area contributed by atoms with Gasteiger partial charge in [0.15, 0.2) is 12.6 Å². The second kappa shape index (κ2) is 10.8. The highest BCUT2D eigenvalue weighted by atomic mass is 19.4. The summed E-state index contributed by atoms with van der Waals surface area (Å²) in [5.74, 6) is -0.813. The largest absolute Gasteiger partial charge is 0.507 e. The van der Waals surface area contributed by atoms with Crippen molar-refractivity contribution in [1.29, 1.82) is 0 Å². The molecule has 4 nitrogen and oxygen atoms in total. The predicted molar refractivity (Wildman–Crippen MR) is 106 cm³/mol. The Bertz CT molecular complexity index is 1140. The first-order valence-corrected chi connectivity index (χ1v) is 9.24. The van der Waals surface area contributed by atoms with E-state index in [-0.39, 0.29) is 29.8 Å². The van der Waals surface area contributed by atoms with Crippen molar-refractivity contribution in [2.45, 2.75) is 19.0 Å². The first kappa shape index (κ1) is 26.4. The highest BCUT2D eigenvalue weighted by Crippen LogP contribution is 2.33. The van der Waals surface area contributed by atoms with Gasteiger partial charge >= 0.3 is 12.4 Å². The number of benzene rings is 3. The van der Waals surface area contributed by atoms with Crippen LogP contribution in [0.3, 0.4) is 0 Å². The van der Waals surface area contributed by atoms with E-state index in [1.807, 2.05) is 0 Å². The molecule has 0 spiro atoms. The number of ether oxygens (including phenoxy) is 1. The number of phenolic OH excluding ortho intramolecular Hbond substituents is 1. The lowest BCUT2D eigenvalue weighted by atomic mass is 10.1. The van der Waals surface area contributed by atoms with Crippen LogP contribution >= 0.6 is 0 Å². The van der Waals surface area contributed by atoms with Gasteiger partial charge in [-0.15, -0.1) is 0 Å². The monoisotopic (exact) mass is 488 g/mol. The van der Waals surface area contributed by atoms with Crippen LogP contribution in [0.15, 0.2) is 60.7 Å². The Kier molecular flexibility index (Phi) is 8.39. The van der Waals surface area contributed by atoms with Gasteiger partial charge in [-0.25, -0.2) is 4.39 Å². The SMILES string of the molecule is O=Cc1cc(C(F)(F)F)ccc1O.O=Cc1cc(C(F)(F)F)ccc1OCc1ccc(F)cc1. The Morgan fingerprint density at radius 1 is 0.735 bits per heavy atom. The molecule has 3 aromatic carbocycles. The molecular formula is C23H15F7O4. The van der Waals surface area contributed by atoms with Crippen molar-refractivity contribution < 1.29 is 50.2 Å². The lowest BCUT2D eigenvalue weighted by Crippen LogP contribution is -2.06. The Labute approximate surface area is 188 Å². The number of hydrogen-bond acceptors (Lipinski definition) is 4. The molecule has 0 amide bonds. The van der Waals surface area contributed by atoms with E-state index < -0.39 is 35.0 Å².